The van der Waals surface area contributed by atoms with Crippen LogP contribution in [0.1, 0.15) is 36.5 Å². The van der Waals surface area contributed by atoms with E-state index < -0.39 is 0 Å². The van der Waals surface area contributed by atoms with Crippen molar-refractivity contribution in [3.05, 3.63) is 11.4 Å². The van der Waals surface area contributed by atoms with Crippen LogP contribution >= 0.6 is 0 Å². The van der Waals surface area contributed by atoms with Crippen LogP contribution in [0.25, 0.3) is 0 Å². The number of nitrogens with two attached hydrogens (primary N) is 1. The number of aryl methyl sites for hydroxylation is 1. The summed E-state index contributed by atoms with van der Waals surface area (Å²) in [6.45, 7) is 4.48. The number of anilines is 1. The highest BCUT2D eigenvalue weighted by Gasteiger charge is 2.21. The van der Waals surface area contributed by atoms with E-state index in [9.17, 15) is 9.59 Å². The van der Waals surface area contributed by atoms with Crippen molar-refractivity contribution in [2.24, 2.45) is 0 Å². The lowest BCUT2D eigenvalue weighted by atomic mass is 10.2. The lowest BCUT2D eigenvalue weighted by Gasteiger charge is -2.15. The minimum Gasteiger partial charge on any atom is -0.395 e. The van der Waals surface area contributed by atoms with Crippen LogP contribution in [0, 0.1) is 0 Å². The second kappa shape index (κ2) is 6.77. The van der Waals surface area contributed by atoms with E-state index in [0.29, 0.717) is 18.7 Å². The number of hydrogen-bond acceptors (Lipinski definition) is 4. The van der Waals surface area contributed by atoms with E-state index in [1.165, 1.54) is 4.90 Å². The maximum atomic E-state index is 12.1. The summed E-state index contributed by atoms with van der Waals surface area (Å²) in [6.07, 6.45) is 1.53. The van der Waals surface area contributed by atoms with Crippen LogP contribution in [-0.2, 0) is 11.2 Å². The van der Waals surface area contributed by atoms with Gasteiger partial charge in [0.15, 0.2) is 5.69 Å². The number of nitrogens with one attached hydrogen (secondary N) is 2. The maximum absolute atomic E-state index is 12.1. The van der Waals surface area contributed by atoms with Crippen molar-refractivity contribution >= 4 is 17.5 Å². The minimum atomic E-state index is -0.361. The summed E-state index contributed by atoms with van der Waals surface area (Å²) in [6, 6.07) is 0. The zero-order chi connectivity index (χ0) is 14.4. The Morgan fingerprint density at radius 1 is 1.42 bits per heavy atom. The summed E-state index contributed by atoms with van der Waals surface area (Å²) < 4.78 is 0. The number of amides is 2. The highest BCUT2D eigenvalue weighted by atomic mass is 16.2. The van der Waals surface area contributed by atoms with E-state index in [0.717, 1.165) is 12.1 Å². The molecule has 19 heavy (non-hydrogen) atoms. The lowest BCUT2D eigenvalue weighted by molar-refractivity contribution is -0.121. The van der Waals surface area contributed by atoms with Crippen LogP contribution < -0.4 is 11.1 Å². The average molecular weight is 267 g/mol. The zero-order valence-electron chi connectivity index (χ0n) is 11.6. The Labute approximate surface area is 112 Å². The van der Waals surface area contributed by atoms with E-state index in [1.807, 2.05) is 13.8 Å². The van der Waals surface area contributed by atoms with Crippen molar-refractivity contribution in [1.29, 1.82) is 0 Å². The van der Waals surface area contributed by atoms with Gasteiger partial charge >= 0.3 is 0 Å². The van der Waals surface area contributed by atoms with Crippen LogP contribution in [0.4, 0.5) is 5.69 Å². The summed E-state index contributed by atoms with van der Waals surface area (Å²) >= 11 is 0. The predicted octanol–water partition coefficient (Wildman–Crippen LogP) is 0.153. The second-order valence-electron chi connectivity index (χ2n) is 4.33. The molecule has 0 aliphatic heterocycles. The Morgan fingerprint density at radius 3 is 2.63 bits per heavy atom. The van der Waals surface area contributed by atoms with Gasteiger partial charge in [0.25, 0.3) is 5.91 Å². The number of aromatic nitrogens is 2. The van der Waals surface area contributed by atoms with Gasteiger partial charge < -0.3 is 16.0 Å². The van der Waals surface area contributed by atoms with E-state index in [-0.39, 0.29) is 24.1 Å². The van der Waals surface area contributed by atoms with Crippen molar-refractivity contribution in [3.8, 4) is 0 Å². The maximum Gasteiger partial charge on any atom is 0.276 e. The zero-order valence-corrected chi connectivity index (χ0v) is 11.6. The monoisotopic (exact) mass is 267 g/mol. The lowest BCUT2D eigenvalue weighted by Crippen LogP contribution is -2.38. The van der Waals surface area contributed by atoms with E-state index in [2.05, 4.69) is 15.5 Å². The smallest absolute Gasteiger partial charge is 0.276 e. The van der Waals surface area contributed by atoms with Gasteiger partial charge in [-0.25, -0.2) is 0 Å². The summed E-state index contributed by atoms with van der Waals surface area (Å²) in [5.74, 6) is -0.553. The second-order valence-corrected chi connectivity index (χ2v) is 4.33. The topological polar surface area (TPSA) is 104 Å². The number of rotatable bonds is 6. The molecule has 1 aromatic heterocycles. The molecule has 0 radical (unpaired) electrons. The number of H-pyrrole nitrogens is 1. The Hall–Kier alpha value is -2.05. The van der Waals surface area contributed by atoms with Gasteiger partial charge in [0.1, 0.15) is 0 Å². The molecule has 0 spiro atoms. The number of hydrogen-bond donors (Lipinski definition) is 3. The normalized spacial score (nSPS) is 10.3. The molecular weight excluding hydrogens is 246 g/mol. The summed E-state index contributed by atoms with van der Waals surface area (Å²) in [4.78, 5) is 24.9. The van der Waals surface area contributed by atoms with Crippen LogP contribution in [0.3, 0.4) is 0 Å². The van der Waals surface area contributed by atoms with Gasteiger partial charge in [0.2, 0.25) is 5.91 Å². The Kier molecular flexibility index (Phi) is 5.35. The van der Waals surface area contributed by atoms with Crippen molar-refractivity contribution in [2.45, 2.75) is 26.7 Å². The van der Waals surface area contributed by atoms with Crippen LogP contribution in [-0.4, -0.2) is 47.0 Å². The molecule has 7 nitrogen and oxygen atoms in total. The van der Waals surface area contributed by atoms with Crippen LogP contribution in [0.5, 0.6) is 0 Å². The molecule has 0 fully saturated rings. The van der Waals surface area contributed by atoms with Gasteiger partial charge in [0.05, 0.1) is 17.9 Å². The van der Waals surface area contributed by atoms with Crippen molar-refractivity contribution in [2.75, 3.05) is 25.9 Å². The highest BCUT2D eigenvalue weighted by Crippen LogP contribution is 2.15. The fraction of sp³-hybridized carbons (Fsp3) is 0.583. The molecule has 7 heteroatoms. The number of likely N-dealkylation sites (N-methyl/N-ethyl adjacent to an activating group) is 1. The fourth-order valence-corrected chi connectivity index (χ4v) is 1.61. The summed E-state index contributed by atoms with van der Waals surface area (Å²) in [7, 11) is 1.55. The number of carbonyl (C=O) groups excluding carboxylic acids is 2. The summed E-state index contributed by atoms with van der Waals surface area (Å²) in [5, 5.41) is 9.34. The molecule has 0 atom stereocenters. The molecule has 0 unspecified atom stereocenters. The number of carbonyl (C=O) groups is 2. The molecule has 1 aromatic rings. The Bertz CT molecular complexity index is 455. The van der Waals surface area contributed by atoms with Crippen molar-refractivity contribution in [3.63, 3.8) is 0 Å². The number of aromatic amines is 1. The molecule has 0 saturated carbocycles. The third-order valence-electron chi connectivity index (χ3n) is 2.74. The molecule has 0 bridgehead atoms. The molecule has 0 aliphatic carbocycles. The number of nitrogens with zero attached hydrogens (tertiary/aromatic N) is 2. The molecule has 0 aromatic carbocycles. The summed E-state index contributed by atoms with van der Waals surface area (Å²) in [5.41, 5.74) is 7.07. The third kappa shape index (κ3) is 3.70. The Balaban J connectivity index is 2.66. The molecule has 106 valence electrons. The van der Waals surface area contributed by atoms with Gasteiger partial charge in [-0.15, -0.1) is 0 Å². The van der Waals surface area contributed by atoms with Gasteiger partial charge in [-0.3, -0.25) is 14.7 Å². The molecule has 2 amide bonds. The molecule has 1 rings (SSSR count). The SMILES string of the molecule is CCCNC(=O)CN(C)C(=O)c1n[nH]c(CC)c1N. The largest absolute Gasteiger partial charge is 0.395 e. The molecular formula is C12H21N5O2. The minimum absolute atomic E-state index is 0.00735. The van der Waals surface area contributed by atoms with Gasteiger partial charge in [0, 0.05) is 13.6 Å². The molecule has 0 saturated heterocycles. The molecule has 1 heterocycles. The first kappa shape index (κ1) is 15.0. The van der Waals surface area contributed by atoms with Gasteiger partial charge in [-0.05, 0) is 12.8 Å². The molecule has 4 N–H and O–H groups in total. The first-order chi connectivity index (χ1) is 9.01. The van der Waals surface area contributed by atoms with E-state index in [1.54, 1.807) is 7.05 Å². The first-order valence-electron chi connectivity index (χ1n) is 6.36. The van der Waals surface area contributed by atoms with Crippen LogP contribution in [0.15, 0.2) is 0 Å². The van der Waals surface area contributed by atoms with Crippen LogP contribution in [0.2, 0.25) is 0 Å². The first-order valence-corrected chi connectivity index (χ1v) is 6.36. The third-order valence-corrected chi connectivity index (χ3v) is 2.74. The van der Waals surface area contributed by atoms with Crippen molar-refractivity contribution < 1.29 is 9.59 Å². The van der Waals surface area contributed by atoms with Gasteiger partial charge in [-0.2, -0.15) is 5.10 Å². The van der Waals surface area contributed by atoms with Gasteiger partial charge in [-0.1, -0.05) is 13.8 Å². The quantitative estimate of drug-likeness (QED) is 0.682. The Morgan fingerprint density at radius 2 is 2.11 bits per heavy atom. The van der Waals surface area contributed by atoms with Crippen molar-refractivity contribution in [1.82, 2.24) is 20.4 Å². The standard InChI is InChI=1S/C12H21N5O2/c1-4-6-14-9(18)7-17(3)12(19)11-10(13)8(5-2)15-16-11/h4-7,13H2,1-3H3,(H,14,18)(H,15,16). The average Bonchev–Trinajstić information content (AvgIpc) is 2.76. The van der Waals surface area contributed by atoms with E-state index >= 15 is 0 Å². The predicted molar refractivity (Wildman–Crippen MR) is 72.6 cm³/mol. The fourth-order valence-electron chi connectivity index (χ4n) is 1.61. The van der Waals surface area contributed by atoms with E-state index in [4.69, 9.17) is 5.73 Å². The highest BCUT2D eigenvalue weighted by molar-refractivity contribution is 5.99. The number of nitrogen functional groups attached to an aromatic ring is 1. The molecule has 0 aliphatic rings.